The van der Waals surface area contributed by atoms with Gasteiger partial charge in [-0.2, -0.15) is 0 Å². The first kappa shape index (κ1) is 18.7. The van der Waals surface area contributed by atoms with Crippen LogP contribution in [0.25, 0.3) is 6.08 Å². The van der Waals surface area contributed by atoms with Crippen molar-refractivity contribution in [3.63, 3.8) is 0 Å². The van der Waals surface area contributed by atoms with Crippen LogP contribution in [-0.4, -0.2) is 43.2 Å². The van der Waals surface area contributed by atoms with Crippen LogP contribution in [-0.2, 0) is 14.3 Å². The third kappa shape index (κ3) is 3.54. The van der Waals surface area contributed by atoms with Crippen LogP contribution in [0.1, 0.15) is 5.76 Å². The average molecular weight is 418 g/mol. The van der Waals surface area contributed by atoms with E-state index in [2.05, 4.69) is 5.32 Å². The highest BCUT2D eigenvalue weighted by atomic mass is 35.5. The summed E-state index contributed by atoms with van der Waals surface area (Å²) in [4.78, 5) is 28.6. The SMILES string of the molecule is O=C1NC(=S)N(c2ccccc2Cl)C(=O)/C1=C/c1ccc(N2CCOCC2)o1. The van der Waals surface area contributed by atoms with E-state index in [1.54, 1.807) is 36.4 Å². The summed E-state index contributed by atoms with van der Waals surface area (Å²) in [7, 11) is 0. The maximum Gasteiger partial charge on any atom is 0.270 e. The highest BCUT2D eigenvalue weighted by Gasteiger charge is 2.35. The molecule has 0 aliphatic carbocycles. The first-order valence-corrected chi connectivity index (χ1v) is 9.42. The number of morpholine rings is 1. The Morgan fingerprint density at radius 3 is 2.61 bits per heavy atom. The number of nitrogens with zero attached hydrogens (tertiary/aromatic N) is 2. The van der Waals surface area contributed by atoms with Gasteiger partial charge in [-0.1, -0.05) is 23.7 Å². The number of nitrogens with one attached hydrogen (secondary N) is 1. The zero-order chi connectivity index (χ0) is 19.7. The van der Waals surface area contributed by atoms with Crippen LogP contribution in [0.4, 0.5) is 11.6 Å². The molecule has 2 aliphatic heterocycles. The predicted octanol–water partition coefficient (Wildman–Crippen LogP) is 2.60. The number of rotatable bonds is 3. The number of para-hydroxylation sites is 1. The van der Waals surface area contributed by atoms with Crippen molar-refractivity contribution in [1.29, 1.82) is 0 Å². The second-order valence-corrected chi connectivity index (χ2v) is 6.98. The molecule has 7 nitrogen and oxygen atoms in total. The second-order valence-electron chi connectivity index (χ2n) is 6.18. The van der Waals surface area contributed by atoms with Crippen LogP contribution in [0.5, 0.6) is 0 Å². The molecule has 2 aliphatic rings. The van der Waals surface area contributed by atoms with E-state index in [-0.39, 0.29) is 10.7 Å². The minimum Gasteiger partial charge on any atom is -0.441 e. The van der Waals surface area contributed by atoms with Gasteiger partial charge in [-0.15, -0.1) is 0 Å². The molecule has 1 aromatic carbocycles. The predicted molar refractivity (Wildman–Crippen MR) is 109 cm³/mol. The summed E-state index contributed by atoms with van der Waals surface area (Å²) in [5, 5.41) is 2.86. The molecule has 2 fully saturated rings. The van der Waals surface area contributed by atoms with Gasteiger partial charge in [0.05, 0.1) is 23.9 Å². The van der Waals surface area contributed by atoms with E-state index in [0.29, 0.717) is 35.6 Å². The van der Waals surface area contributed by atoms with Crippen LogP contribution in [0.2, 0.25) is 5.02 Å². The molecule has 4 rings (SSSR count). The molecule has 9 heteroatoms. The maximum absolute atomic E-state index is 13.0. The van der Waals surface area contributed by atoms with E-state index in [9.17, 15) is 9.59 Å². The van der Waals surface area contributed by atoms with Crippen molar-refractivity contribution >= 4 is 58.4 Å². The zero-order valence-electron chi connectivity index (χ0n) is 14.7. The summed E-state index contributed by atoms with van der Waals surface area (Å²) in [6.45, 7) is 2.69. The monoisotopic (exact) mass is 417 g/mol. The lowest BCUT2D eigenvalue weighted by Gasteiger charge is -2.29. The van der Waals surface area contributed by atoms with Gasteiger partial charge in [-0.3, -0.25) is 19.8 Å². The van der Waals surface area contributed by atoms with Crippen molar-refractivity contribution < 1.29 is 18.7 Å². The highest BCUT2D eigenvalue weighted by molar-refractivity contribution is 7.80. The molecule has 1 N–H and O–H groups in total. The third-order valence-electron chi connectivity index (χ3n) is 4.42. The fraction of sp³-hybridized carbons (Fsp3) is 0.211. The number of ether oxygens (including phenoxy) is 1. The van der Waals surface area contributed by atoms with Gasteiger partial charge in [0.25, 0.3) is 11.8 Å². The topological polar surface area (TPSA) is 75.0 Å². The van der Waals surface area contributed by atoms with Gasteiger partial charge >= 0.3 is 0 Å². The third-order valence-corrected chi connectivity index (χ3v) is 5.02. The molecular weight excluding hydrogens is 402 g/mol. The van der Waals surface area contributed by atoms with Crippen LogP contribution in [0.3, 0.4) is 0 Å². The van der Waals surface area contributed by atoms with Crippen LogP contribution < -0.4 is 15.1 Å². The van der Waals surface area contributed by atoms with Gasteiger partial charge < -0.3 is 14.1 Å². The van der Waals surface area contributed by atoms with E-state index in [1.165, 1.54) is 11.0 Å². The molecule has 2 saturated heterocycles. The first-order chi connectivity index (χ1) is 13.5. The Morgan fingerprint density at radius 1 is 1.11 bits per heavy atom. The Morgan fingerprint density at radius 2 is 1.86 bits per heavy atom. The summed E-state index contributed by atoms with van der Waals surface area (Å²) in [5.41, 5.74) is 0.315. The second kappa shape index (κ2) is 7.75. The summed E-state index contributed by atoms with van der Waals surface area (Å²) < 4.78 is 11.1. The molecule has 1 aromatic heterocycles. The summed E-state index contributed by atoms with van der Waals surface area (Å²) in [6.07, 6.45) is 1.41. The first-order valence-electron chi connectivity index (χ1n) is 8.63. The van der Waals surface area contributed by atoms with Crippen molar-refractivity contribution in [3.05, 3.63) is 52.8 Å². The van der Waals surface area contributed by atoms with Gasteiger partial charge in [0.15, 0.2) is 11.0 Å². The van der Waals surface area contributed by atoms with E-state index in [4.69, 9.17) is 33.0 Å². The van der Waals surface area contributed by atoms with E-state index in [1.807, 2.05) is 4.90 Å². The summed E-state index contributed by atoms with van der Waals surface area (Å²) >= 11 is 11.4. The number of halogens is 1. The van der Waals surface area contributed by atoms with Gasteiger partial charge in [0.2, 0.25) is 0 Å². The smallest absolute Gasteiger partial charge is 0.270 e. The Labute approximate surface area is 171 Å². The molecule has 0 radical (unpaired) electrons. The molecule has 0 atom stereocenters. The maximum atomic E-state index is 13.0. The van der Waals surface area contributed by atoms with Gasteiger partial charge in [0, 0.05) is 19.2 Å². The lowest BCUT2D eigenvalue weighted by Crippen LogP contribution is -2.54. The normalized spacial score (nSPS) is 19.3. The molecule has 144 valence electrons. The number of carbonyl (C=O) groups excluding carboxylic acids is 2. The summed E-state index contributed by atoms with van der Waals surface area (Å²) in [6, 6.07) is 10.3. The summed E-state index contributed by atoms with van der Waals surface area (Å²) in [5.74, 6) is -0.0852. The molecule has 0 bridgehead atoms. The van der Waals surface area contributed by atoms with Crippen molar-refractivity contribution in [2.75, 3.05) is 36.1 Å². The van der Waals surface area contributed by atoms with Gasteiger partial charge in [-0.25, -0.2) is 0 Å². The standard InChI is InChI=1S/C19H16ClN3O4S/c20-14-3-1-2-4-15(14)23-18(25)13(17(24)21-19(23)28)11-12-5-6-16(27-12)22-7-9-26-10-8-22/h1-6,11H,7-10H2,(H,21,24,28)/b13-11+. The molecule has 28 heavy (non-hydrogen) atoms. The number of amides is 2. The Bertz CT molecular complexity index is 981. The minimum atomic E-state index is -0.581. The fourth-order valence-electron chi connectivity index (χ4n) is 3.03. The van der Waals surface area contributed by atoms with Gasteiger partial charge in [0.1, 0.15) is 11.3 Å². The Balaban J connectivity index is 1.64. The quantitative estimate of drug-likeness (QED) is 0.470. The van der Waals surface area contributed by atoms with Crippen LogP contribution in [0, 0.1) is 0 Å². The van der Waals surface area contributed by atoms with Gasteiger partial charge in [-0.05, 0) is 36.5 Å². The average Bonchev–Trinajstić information content (AvgIpc) is 3.16. The molecule has 2 aromatic rings. The van der Waals surface area contributed by atoms with E-state index < -0.39 is 11.8 Å². The number of benzene rings is 1. The molecular formula is C19H16ClN3O4S. The number of carbonyl (C=O) groups is 2. The van der Waals surface area contributed by atoms with Crippen molar-refractivity contribution in [1.82, 2.24) is 5.32 Å². The highest BCUT2D eigenvalue weighted by Crippen LogP contribution is 2.29. The van der Waals surface area contributed by atoms with Crippen molar-refractivity contribution in [3.8, 4) is 0 Å². The fourth-order valence-corrected chi connectivity index (χ4v) is 3.52. The molecule has 0 unspecified atom stereocenters. The lowest BCUT2D eigenvalue weighted by molar-refractivity contribution is -0.122. The zero-order valence-corrected chi connectivity index (χ0v) is 16.3. The van der Waals surface area contributed by atoms with Crippen LogP contribution >= 0.6 is 23.8 Å². The molecule has 0 spiro atoms. The van der Waals surface area contributed by atoms with Crippen molar-refractivity contribution in [2.24, 2.45) is 0 Å². The Hall–Kier alpha value is -2.68. The van der Waals surface area contributed by atoms with Crippen LogP contribution in [0.15, 0.2) is 46.4 Å². The number of thiocarbonyl (C=S) groups is 1. The largest absolute Gasteiger partial charge is 0.441 e. The number of hydrogen-bond donors (Lipinski definition) is 1. The van der Waals surface area contributed by atoms with E-state index >= 15 is 0 Å². The van der Waals surface area contributed by atoms with Crippen molar-refractivity contribution in [2.45, 2.75) is 0 Å². The number of anilines is 2. The number of hydrogen-bond acceptors (Lipinski definition) is 6. The minimum absolute atomic E-state index is 0.0197. The number of furan rings is 1. The lowest BCUT2D eigenvalue weighted by atomic mass is 10.1. The van der Waals surface area contributed by atoms with E-state index in [0.717, 1.165) is 13.1 Å². The molecule has 2 amide bonds. The molecule has 0 saturated carbocycles. The Kier molecular flexibility index (Phi) is 5.17. The molecule has 3 heterocycles.